The Kier molecular flexibility index (Phi) is 4.40. The van der Waals surface area contributed by atoms with Crippen molar-refractivity contribution in [3.05, 3.63) is 29.8 Å². The van der Waals surface area contributed by atoms with Crippen molar-refractivity contribution in [2.45, 2.75) is 50.1 Å². The Bertz CT molecular complexity index is 473. The van der Waals surface area contributed by atoms with E-state index in [4.69, 9.17) is 0 Å². The molecule has 0 bridgehead atoms. The van der Waals surface area contributed by atoms with Crippen LogP contribution in [0.15, 0.2) is 29.2 Å². The molecule has 0 heterocycles. The fraction of sp³-hybridized carbons (Fsp3) is 0.571. The standard InChI is InChI=1S/C14H21NO2S/c1-2-18(16,17)14-9-7-12(8-10-14)11-15-13-5-3-4-6-13/h7-10,13,15H,2-6,11H2,1H3. The van der Waals surface area contributed by atoms with Gasteiger partial charge in [0.15, 0.2) is 9.84 Å². The predicted octanol–water partition coefficient (Wildman–Crippen LogP) is 2.51. The molecule has 1 N–H and O–H groups in total. The topological polar surface area (TPSA) is 46.2 Å². The predicted molar refractivity (Wildman–Crippen MR) is 73.3 cm³/mol. The highest BCUT2D eigenvalue weighted by Gasteiger charge is 2.14. The molecule has 1 saturated carbocycles. The molecule has 18 heavy (non-hydrogen) atoms. The van der Waals surface area contributed by atoms with Crippen LogP contribution in [0.1, 0.15) is 38.2 Å². The second-order valence-corrected chi connectivity index (χ2v) is 7.19. The van der Waals surface area contributed by atoms with Crippen molar-refractivity contribution >= 4 is 9.84 Å². The number of sulfone groups is 1. The molecule has 100 valence electrons. The lowest BCUT2D eigenvalue weighted by Crippen LogP contribution is -2.25. The Morgan fingerprint density at radius 3 is 2.33 bits per heavy atom. The molecule has 1 aliphatic carbocycles. The van der Waals surface area contributed by atoms with E-state index < -0.39 is 9.84 Å². The van der Waals surface area contributed by atoms with Gasteiger partial charge in [-0.2, -0.15) is 0 Å². The second-order valence-electron chi connectivity index (χ2n) is 4.91. The normalized spacial score (nSPS) is 17.2. The van der Waals surface area contributed by atoms with E-state index in [0.29, 0.717) is 10.9 Å². The molecular weight excluding hydrogens is 246 g/mol. The van der Waals surface area contributed by atoms with E-state index in [-0.39, 0.29) is 5.75 Å². The van der Waals surface area contributed by atoms with Gasteiger partial charge in [0.25, 0.3) is 0 Å². The van der Waals surface area contributed by atoms with Crippen molar-refractivity contribution in [2.75, 3.05) is 5.75 Å². The minimum atomic E-state index is -3.07. The lowest BCUT2D eigenvalue weighted by molar-refractivity contribution is 0.524. The van der Waals surface area contributed by atoms with Gasteiger partial charge in [-0.1, -0.05) is 31.9 Å². The minimum Gasteiger partial charge on any atom is -0.310 e. The largest absolute Gasteiger partial charge is 0.310 e. The monoisotopic (exact) mass is 267 g/mol. The van der Waals surface area contributed by atoms with Crippen molar-refractivity contribution < 1.29 is 8.42 Å². The van der Waals surface area contributed by atoms with Crippen LogP contribution < -0.4 is 5.32 Å². The highest BCUT2D eigenvalue weighted by Crippen LogP contribution is 2.18. The molecule has 1 fully saturated rings. The van der Waals surface area contributed by atoms with Gasteiger partial charge in [-0.25, -0.2) is 8.42 Å². The van der Waals surface area contributed by atoms with E-state index >= 15 is 0 Å². The van der Waals surface area contributed by atoms with Crippen molar-refractivity contribution in [1.82, 2.24) is 5.32 Å². The maximum atomic E-state index is 11.7. The lowest BCUT2D eigenvalue weighted by atomic mass is 10.2. The number of nitrogens with one attached hydrogen (secondary N) is 1. The summed E-state index contributed by atoms with van der Waals surface area (Å²) in [6.07, 6.45) is 5.18. The zero-order chi connectivity index (χ0) is 13.0. The SMILES string of the molecule is CCS(=O)(=O)c1ccc(CNC2CCCC2)cc1. The summed E-state index contributed by atoms with van der Waals surface area (Å²) in [5.41, 5.74) is 1.15. The van der Waals surface area contributed by atoms with E-state index in [1.165, 1.54) is 25.7 Å². The number of benzene rings is 1. The zero-order valence-electron chi connectivity index (χ0n) is 10.9. The molecule has 3 nitrogen and oxygen atoms in total. The van der Waals surface area contributed by atoms with Gasteiger partial charge in [-0.3, -0.25) is 0 Å². The molecule has 0 radical (unpaired) electrons. The van der Waals surface area contributed by atoms with Gasteiger partial charge in [0, 0.05) is 12.6 Å². The van der Waals surface area contributed by atoms with E-state index in [1.54, 1.807) is 19.1 Å². The Morgan fingerprint density at radius 1 is 1.17 bits per heavy atom. The van der Waals surface area contributed by atoms with Crippen LogP contribution in [0.5, 0.6) is 0 Å². The second kappa shape index (κ2) is 5.85. The summed E-state index contributed by atoms with van der Waals surface area (Å²) in [6.45, 7) is 2.50. The summed E-state index contributed by atoms with van der Waals surface area (Å²) in [7, 11) is -3.07. The van der Waals surface area contributed by atoms with Gasteiger partial charge in [0.05, 0.1) is 10.6 Å². The van der Waals surface area contributed by atoms with E-state index in [2.05, 4.69) is 5.32 Å². The molecule has 0 atom stereocenters. The zero-order valence-corrected chi connectivity index (χ0v) is 11.7. The number of hydrogen-bond donors (Lipinski definition) is 1. The minimum absolute atomic E-state index is 0.159. The molecule has 4 heteroatoms. The van der Waals surface area contributed by atoms with Crippen molar-refractivity contribution in [3.8, 4) is 0 Å². The summed E-state index contributed by atoms with van der Waals surface area (Å²) < 4.78 is 23.3. The van der Waals surface area contributed by atoms with Crippen molar-refractivity contribution in [3.63, 3.8) is 0 Å². The Hall–Kier alpha value is -0.870. The van der Waals surface area contributed by atoms with Crippen LogP contribution in [0.4, 0.5) is 0 Å². The smallest absolute Gasteiger partial charge is 0.178 e. The van der Waals surface area contributed by atoms with Crippen LogP contribution >= 0.6 is 0 Å². The summed E-state index contributed by atoms with van der Waals surface area (Å²) in [5.74, 6) is 0.159. The molecule has 1 aromatic rings. The average Bonchev–Trinajstić information content (AvgIpc) is 2.90. The molecule has 0 saturated heterocycles. The Morgan fingerprint density at radius 2 is 1.78 bits per heavy atom. The third kappa shape index (κ3) is 3.33. The van der Waals surface area contributed by atoms with E-state index in [0.717, 1.165) is 12.1 Å². The first-order valence-corrected chi connectivity index (χ1v) is 8.32. The molecule has 0 amide bonds. The number of hydrogen-bond acceptors (Lipinski definition) is 3. The molecule has 2 rings (SSSR count). The molecule has 0 unspecified atom stereocenters. The molecular formula is C14H21NO2S. The van der Waals surface area contributed by atoms with Gasteiger partial charge >= 0.3 is 0 Å². The highest BCUT2D eigenvalue weighted by molar-refractivity contribution is 7.91. The molecule has 0 spiro atoms. The third-order valence-electron chi connectivity index (χ3n) is 3.61. The molecule has 1 aliphatic rings. The summed E-state index contributed by atoms with van der Waals surface area (Å²) >= 11 is 0. The Balaban J connectivity index is 1.95. The van der Waals surface area contributed by atoms with Gasteiger partial charge in [0.1, 0.15) is 0 Å². The van der Waals surface area contributed by atoms with Gasteiger partial charge in [0.2, 0.25) is 0 Å². The third-order valence-corrected chi connectivity index (χ3v) is 5.36. The average molecular weight is 267 g/mol. The Labute approximate surface area is 110 Å². The van der Waals surface area contributed by atoms with Crippen molar-refractivity contribution in [2.24, 2.45) is 0 Å². The van der Waals surface area contributed by atoms with Gasteiger partial charge < -0.3 is 5.32 Å². The summed E-state index contributed by atoms with van der Waals surface area (Å²) in [5, 5.41) is 3.52. The van der Waals surface area contributed by atoms with Crippen LogP contribution in [0.3, 0.4) is 0 Å². The van der Waals surface area contributed by atoms with E-state index in [1.807, 2.05) is 12.1 Å². The fourth-order valence-corrected chi connectivity index (χ4v) is 3.26. The first-order chi connectivity index (χ1) is 8.62. The summed E-state index contributed by atoms with van der Waals surface area (Å²) in [4.78, 5) is 0.426. The van der Waals surface area contributed by atoms with Gasteiger partial charge in [-0.15, -0.1) is 0 Å². The maximum Gasteiger partial charge on any atom is 0.178 e. The molecule has 0 aliphatic heterocycles. The first kappa shape index (κ1) is 13.6. The molecule has 0 aromatic heterocycles. The highest BCUT2D eigenvalue weighted by atomic mass is 32.2. The van der Waals surface area contributed by atoms with Crippen LogP contribution in [-0.4, -0.2) is 20.2 Å². The summed E-state index contributed by atoms with van der Waals surface area (Å²) in [6, 6.07) is 7.88. The number of rotatable bonds is 5. The maximum absolute atomic E-state index is 11.7. The van der Waals surface area contributed by atoms with Crippen LogP contribution in [-0.2, 0) is 16.4 Å². The van der Waals surface area contributed by atoms with Crippen LogP contribution in [0, 0.1) is 0 Å². The van der Waals surface area contributed by atoms with Crippen LogP contribution in [0.2, 0.25) is 0 Å². The lowest BCUT2D eigenvalue weighted by Gasteiger charge is -2.11. The van der Waals surface area contributed by atoms with Crippen molar-refractivity contribution in [1.29, 1.82) is 0 Å². The molecule has 1 aromatic carbocycles. The quantitative estimate of drug-likeness (QED) is 0.891. The van der Waals surface area contributed by atoms with Crippen LogP contribution in [0.25, 0.3) is 0 Å². The van der Waals surface area contributed by atoms with Gasteiger partial charge in [-0.05, 0) is 30.5 Å². The fourth-order valence-electron chi connectivity index (χ4n) is 2.37. The first-order valence-electron chi connectivity index (χ1n) is 6.67. The van der Waals surface area contributed by atoms with E-state index in [9.17, 15) is 8.42 Å².